The molecule has 0 radical (unpaired) electrons. The van der Waals surface area contributed by atoms with Gasteiger partial charge in [0.25, 0.3) is 0 Å². The second-order valence-electron chi connectivity index (χ2n) is 8.85. The Morgan fingerprint density at radius 2 is 1.89 bits per heavy atom. The Balaban J connectivity index is 1.73. The van der Waals surface area contributed by atoms with E-state index >= 15 is 0 Å². The van der Waals surface area contributed by atoms with E-state index in [1.54, 1.807) is 19.1 Å². The third-order valence-corrected chi connectivity index (χ3v) is 6.14. The second-order valence-corrected chi connectivity index (χ2v) is 8.85. The zero-order chi connectivity index (χ0) is 26.2. The summed E-state index contributed by atoms with van der Waals surface area (Å²) < 4.78 is 72.2. The predicted molar refractivity (Wildman–Crippen MR) is 128 cm³/mol. The van der Waals surface area contributed by atoms with Crippen LogP contribution >= 0.6 is 0 Å². The SMILES string of the molecule is COc1cc2nc(C)nc(N[C@H](C)c3cc(N)cc(C(F)(F)F)c3F)c2cc1OC(C)[C@@H]1CCCO1. The van der Waals surface area contributed by atoms with Crippen LogP contribution in [0.1, 0.15) is 49.7 Å². The van der Waals surface area contributed by atoms with Crippen LogP contribution in [0, 0.1) is 12.7 Å². The molecule has 0 bridgehead atoms. The standard InChI is InChI=1S/C25H28F4N4O3/c1-12(16-8-15(30)9-18(23(16)26)25(27,28)29)31-24-17-10-22(36-13(2)20-6-5-7-35-20)21(34-4)11-19(17)32-14(3)33-24/h8-13,20H,5-7,30H2,1-4H3,(H,31,32,33)/t12-,13?,20+/m1/s1. The summed E-state index contributed by atoms with van der Waals surface area (Å²) in [6.45, 7) is 5.80. The van der Waals surface area contributed by atoms with Crippen LogP contribution in [0.5, 0.6) is 11.5 Å². The number of aryl methyl sites for hydroxylation is 1. The molecule has 3 atom stereocenters. The van der Waals surface area contributed by atoms with Crippen molar-refractivity contribution in [2.45, 2.75) is 58.0 Å². The Labute approximate surface area is 206 Å². The van der Waals surface area contributed by atoms with Crippen molar-refractivity contribution in [2.24, 2.45) is 0 Å². The van der Waals surface area contributed by atoms with Gasteiger partial charge in [0.05, 0.1) is 30.3 Å². The first kappa shape index (κ1) is 25.7. The number of hydrogen-bond donors (Lipinski definition) is 2. The topological polar surface area (TPSA) is 91.5 Å². The molecule has 0 aliphatic carbocycles. The van der Waals surface area contributed by atoms with Crippen molar-refractivity contribution in [3.63, 3.8) is 0 Å². The highest BCUT2D eigenvalue weighted by Crippen LogP contribution is 2.39. The summed E-state index contributed by atoms with van der Waals surface area (Å²) in [5, 5.41) is 3.56. The number of aromatic nitrogens is 2. The van der Waals surface area contributed by atoms with Crippen molar-refractivity contribution < 1.29 is 31.8 Å². The summed E-state index contributed by atoms with van der Waals surface area (Å²) in [6, 6.07) is 4.26. The molecule has 0 spiro atoms. The minimum atomic E-state index is -4.88. The van der Waals surface area contributed by atoms with Gasteiger partial charge in [0.15, 0.2) is 11.5 Å². The molecule has 1 aliphatic heterocycles. The molecule has 1 fully saturated rings. The third-order valence-electron chi connectivity index (χ3n) is 6.14. The number of nitrogen functional groups attached to an aromatic ring is 1. The number of alkyl halides is 3. The highest BCUT2D eigenvalue weighted by molar-refractivity contribution is 5.92. The summed E-state index contributed by atoms with van der Waals surface area (Å²) in [4.78, 5) is 8.87. The number of nitrogens with one attached hydrogen (secondary N) is 1. The number of fused-ring (bicyclic) bond motifs is 1. The van der Waals surface area contributed by atoms with Crippen molar-refractivity contribution >= 4 is 22.4 Å². The highest BCUT2D eigenvalue weighted by Gasteiger charge is 2.36. The van der Waals surface area contributed by atoms with Gasteiger partial charge >= 0.3 is 6.18 Å². The van der Waals surface area contributed by atoms with E-state index < -0.39 is 23.6 Å². The van der Waals surface area contributed by atoms with E-state index in [2.05, 4.69) is 15.3 Å². The van der Waals surface area contributed by atoms with Gasteiger partial charge in [-0.3, -0.25) is 0 Å². The monoisotopic (exact) mass is 508 g/mol. The van der Waals surface area contributed by atoms with Gasteiger partial charge in [0.1, 0.15) is 23.6 Å². The number of ether oxygens (including phenoxy) is 3. The number of anilines is 2. The minimum Gasteiger partial charge on any atom is -0.493 e. The van der Waals surface area contributed by atoms with E-state index in [4.69, 9.17) is 19.9 Å². The Morgan fingerprint density at radius 3 is 2.53 bits per heavy atom. The molecule has 0 amide bonds. The van der Waals surface area contributed by atoms with Crippen LogP contribution in [0.15, 0.2) is 24.3 Å². The van der Waals surface area contributed by atoms with Crippen molar-refractivity contribution in [3.05, 3.63) is 47.0 Å². The lowest BCUT2D eigenvalue weighted by atomic mass is 10.0. The number of halogens is 4. The fraction of sp³-hybridized carbons (Fsp3) is 0.440. The summed E-state index contributed by atoms with van der Waals surface area (Å²) in [5.41, 5.74) is 4.34. The smallest absolute Gasteiger partial charge is 0.419 e. The number of nitrogens with two attached hydrogens (primary N) is 1. The molecule has 11 heteroatoms. The summed E-state index contributed by atoms with van der Waals surface area (Å²) in [7, 11) is 1.51. The zero-order valence-electron chi connectivity index (χ0n) is 20.4. The van der Waals surface area contributed by atoms with E-state index in [0.29, 0.717) is 46.7 Å². The molecule has 3 N–H and O–H groups in total. The van der Waals surface area contributed by atoms with Crippen LogP contribution in [0.3, 0.4) is 0 Å². The molecule has 1 aliphatic rings. The third kappa shape index (κ3) is 5.25. The second kappa shape index (κ2) is 9.96. The lowest BCUT2D eigenvalue weighted by molar-refractivity contribution is -0.140. The van der Waals surface area contributed by atoms with Gasteiger partial charge in [-0.2, -0.15) is 13.2 Å². The van der Waals surface area contributed by atoms with Gasteiger partial charge in [-0.25, -0.2) is 14.4 Å². The van der Waals surface area contributed by atoms with Gasteiger partial charge in [0, 0.05) is 29.3 Å². The van der Waals surface area contributed by atoms with E-state index in [1.807, 2.05) is 6.92 Å². The Bertz CT molecular complexity index is 1260. The highest BCUT2D eigenvalue weighted by atomic mass is 19.4. The average molecular weight is 509 g/mol. The van der Waals surface area contributed by atoms with Gasteiger partial charge in [-0.05, 0) is 51.8 Å². The maximum atomic E-state index is 14.9. The van der Waals surface area contributed by atoms with Crippen LogP contribution in [0.25, 0.3) is 10.9 Å². The lowest BCUT2D eigenvalue weighted by Crippen LogP contribution is -2.28. The molecule has 36 heavy (non-hydrogen) atoms. The van der Waals surface area contributed by atoms with Crippen LogP contribution in [-0.4, -0.2) is 35.9 Å². The molecular weight excluding hydrogens is 480 g/mol. The molecule has 2 aromatic carbocycles. The zero-order valence-corrected chi connectivity index (χ0v) is 20.4. The summed E-state index contributed by atoms with van der Waals surface area (Å²) >= 11 is 0. The minimum absolute atomic E-state index is 0.0494. The van der Waals surface area contributed by atoms with Crippen LogP contribution < -0.4 is 20.5 Å². The van der Waals surface area contributed by atoms with E-state index in [9.17, 15) is 17.6 Å². The average Bonchev–Trinajstić information content (AvgIpc) is 3.34. The van der Waals surface area contributed by atoms with Crippen LogP contribution in [0.2, 0.25) is 0 Å². The first-order valence-corrected chi connectivity index (χ1v) is 11.5. The molecule has 194 valence electrons. The van der Waals surface area contributed by atoms with Crippen molar-refractivity contribution in [2.75, 3.05) is 24.8 Å². The maximum Gasteiger partial charge on any atom is 0.419 e. The van der Waals surface area contributed by atoms with E-state index in [0.717, 1.165) is 12.8 Å². The van der Waals surface area contributed by atoms with Crippen molar-refractivity contribution in [1.82, 2.24) is 9.97 Å². The van der Waals surface area contributed by atoms with Crippen molar-refractivity contribution in [1.29, 1.82) is 0 Å². The number of methoxy groups -OCH3 is 1. The maximum absolute atomic E-state index is 14.9. The molecule has 3 aromatic rings. The van der Waals surface area contributed by atoms with Gasteiger partial charge in [-0.1, -0.05) is 0 Å². The normalized spacial score (nSPS) is 17.7. The molecule has 4 rings (SSSR count). The van der Waals surface area contributed by atoms with Gasteiger partial charge in [0.2, 0.25) is 0 Å². The van der Waals surface area contributed by atoms with E-state index in [1.165, 1.54) is 20.1 Å². The van der Waals surface area contributed by atoms with Crippen molar-refractivity contribution in [3.8, 4) is 11.5 Å². The Morgan fingerprint density at radius 1 is 1.14 bits per heavy atom. The number of benzene rings is 2. The Hall–Kier alpha value is -3.34. The fourth-order valence-electron chi connectivity index (χ4n) is 4.34. The molecule has 1 unspecified atom stereocenters. The molecule has 1 saturated heterocycles. The summed E-state index contributed by atoms with van der Waals surface area (Å²) in [6.07, 6.45) is -3.33. The predicted octanol–water partition coefficient (Wildman–Crippen LogP) is 5.81. The van der Waals surface area contributed by atoms with E-state index in [-0.39, 0.29) is 23.5 Å². The lowest BCUT2D eigenvalue weighted by Gasteiger charge is -2.23. The molecule has 0 saturated carbocycles. The first-order chi connectivity index (χ1) is 17.0. The fourth-order valence-corrected chi connectivity index (χ4v) is 4.34. The molecular formula is C25H28F4N4O3. The van der Waals surface area contributed by atoms with Crippen LogP contribution in [-0.2, 0) is 10.9 Å². The molecule has 7 nitrogen and oxygen atoms in total. The van der Waals surface area contributed by atoms with Gasteiger partial charge in [-0.15, -0.1) is 0 Å². The number of hydrogen-bond acceptors (Lipinski definition) is 7. The molecule has 2 heterocycles. The number of rotatable bonds is 7. The molecule has 1 aromatic heterocycles. The number of nitrogens with zero attached hydrogens (tertiary/aromatic N) is 2. The first-order valence-electron chi connectivity index (χ1n) is 11.5. The summed E-state index contributed by atoms with van der Waals surface area (Å²) in [5.74, 6) is 0.219. The van der Waals surface area contributed by atoms with Crippen LogP contribution in [0.4, 0.5) is 29.1 Å². The Kier molecular flexibility index (Phi) is 7.12. The van der Waals surface area contributed by atoms with Gasteiger partial charge < -0.3 is 25.3 Å². The quantitative estimate of drug-likeness (QED) is 0.308. The largest absolute Gasteiger partial charge is 0.493 e.